The highest BCUT2D eigenvalue weighted by Gasteiger charge is 2.37. The molecule has 12 heteroatoms. The summed E-state index contributed by atoms with van der Waals surface area (Å²) in [5.41, 5.74) is -3.95. The lowest BCUT2D eigenvalue weighted by Crippen LogP contribution is -2.31. The average molecular weight is 494 g/mol. The largest absolute Gasteiger partial charge is 0.416 e. The number of rotatable bonds is 4. The van der Waals surface area contributed by atoms with Gasteiger partial charge in [0.25, 0.3) is 5.91 Å². The Balaban J connectivity index is 1.82. The van der Waals surface area contributed by atoms with E-state index < -0.39 is 45.1 Å². The summed E-state index contributed by atoms with van der Waals surface area (Å²) in [6.07, 6.45) is -6.78. The van der Waals surface area contributed by atoms with Crippen LogP contribution in [0.3, 0.4) is 0 Å². The second-order valence-electron chi connectivity index (χ2n) is 7.59. The summed E-state index contributed by atoms with van der Waals surface area (Å²) >= 11 is 0. The van der Waals surface area contributed by atoms with Crippen LogP contribution in [0.5, 0.6) is 0 Å². The van der Waals surface area contributed by atoms with E-state index in [1.54, 1.807) is 0 Å². The van der Waals surface area contributed by atoms with Gasteiger partial charge in [0.1, 0.15) is 0 Å². The Bertz CT molecular complexity index is 1070. The maximum atomic E-state index is 13.0. The predicted molar refractivity (Wildman–Crippen MR) is 108 cm³/mol. The molecule has 2 aromatic carbocycles. The molecule has 1 N–H and O–H groups in total. The fourth-order valence-electron chi connectivity index (χ4n) is 3.44. The molecule has 180 valence electrons. The van der Waals surface area contributed by atoms with Crippen LogP contribution in [0.4, 0.5) is 32.0 Å². The Hall–Kier alpha value is -2.60. The quantitative estimate of drug-likeness (QED) is 0.568. The number of alkyl halides is 6. The van der Waals surface area contributed by atoms with Gasteiger partial charge in [0, 0.05) is 24.3 Å². The predicted octanol–water partition coefficient (Wildman–Crippen LogP) is 5.54. The molecule has 33 heavy (non-hydrogen) atoms. The van der Waals surface area contributed by atoms with Crippen LogP contribution in [0.1, 0.15) is 47.2 Å². The summed E-state index contributed by atoms with van der Waals surface area (Å²) in [5, 5.41) is 2.01. The zero-order valence-electron chi connectivity index (χ0n) is 17.1. The minimum absolute atomic E-state index is 0.0435. The monoisotopic (exact) mass is 494 g/mol. The molecule has 0 atom stereocenters. The third-order valence-electron chi connectivity index (χ3n) is 5.16. The highest BCUT2D eigenvalue weighted by molar-refractivity contribution is 7.89. The molecule has 2 aromatic rings. The van der Waals surface area contributed by atoms with Crippen LogP contribution < -0.4 is 5.32 Å². The molecule has 0 unspecified atom stereocenters. The first kappa shape index (κ1) is 25.0. The van der Waals surface area contributed by atoms with Crippen LogP contribution in [0.25, 0.3) is 0 Å². The van der Waals surface area contributed by atoms with Crippen molar-refractivity contribution in [3.8, 4) is 0 Å². The van der Waals surface area contributed by atoms with Gasteiger partial charge in [-0.2, -0.15) is 30.6 Å². The van der Waals surface area contributed by atoms with Crippen LogP contribution in [0.15, 0.2) is 47.4 Å². The lowest BCUT2D eigenvalue weighted by atomic mass is 10.1. The van der Waals surface area contributed by atoms with E-state index in [1.807, 2.05) is 5.32 Å². The van der Waals surface area contributed by atoms with Crippen molar-refractivity contribution in [3.63, 3.8) is 0 Å². The van der Waals surface area contributed by atoms with E-state index in [-0.39, 0.29) is 16.5 Å². The molecule has 0 aromatic heterocycles. The number of anilines is 1. The molecule has 5 nitrogen and oxygen atoms in total. The number of carbonyl (C=O) groups excluding carboxylic acids is 1. The first-order valence-electron chi connectivity index (χ1n) is 9.99. The van der Waals surface area contributed by atoms with Crippen molar-refractivity contribution in [2.75, 3.05) is 18.4 Å². The number of sulfonamides is 1. The van der Waals surface area contributed by atoms with E-state index in [0.29, 0.717) is 25.2 Å². The van der Waals surface area contributed by atoms with Crippen LogP contribution in [-0.2, 0) is 22.4 Å². The maximum absolute atomic E-state index is 13.0. The van der Waals surface area contributed by atoms with Crippen molar-refractivity contribution in [2.24, 2.45) is 0 Å². The fourth-order valence-corrected chi connectivity index (χ4v) is 4.96. The van der Waals surface area contributed by atoms with Gasteiger partial charge in [0.05, 0.1) is 16.0 Å². The topological polar surface area (TPSA) is 66.5 Å². The molecule has 1 saturated heterocycles. The van der Waals surface area contributed by atoms with Crippen molar-refractivity contribution in [3.05, 3.63) is 59.2 Å². The molecule has 1 aliphatic rings. The number of hydrogen-bond donors (Lipinski definition) is 1. The summed E-state index contributed by atoms with van der Waals surface area (Å²) in [5.74, 6) is -0.985. The Kier molecular flexibility index (Phi) is 7.08. The Morgan fingerprint density at radius 3 is 1.73 bits per heavy atom. The number of nitrogens with zero attached hydrogens (tertiary/aromatic N) is 1. The molecule has 3 rings (SSSR count). The molecular weight excluding hydrogens is 474 g/mol. The van der Waals surface area contributed by atoms with Gasteiger partial charge in [0.2, 0.25) is 10.0 Å². The van der Waals surface area contributed by atoms with Crippen LogP contribution in [0.2, 0.25) is 0 Å². The lowest BCUT2D eigenvalue weighted by molar-refractivity contribution is -0.143. The van der Waals surface area contributed by atoms with E-state index in [2.05, 4.69) is 0 Å². The third kappa shape index (κ3) is 6.05. The number of nitrogens with one attached hydrogen (secondary N) is 1. The standard InChI is InChI=1S/C21H20F6N2O3S/c22-20(23,24)15-11-16(21(25,26)27)13-17(12-15)28-19(30)14-5-7-18(8-6-14)33(31,32)29-9-3-1-2-4-10-29/h5-8,11-13H,1-4,9-10H2,(H,28,30). The van der Waals surface area contributed by atoms with Gasteiger partial charge in [-0.05, 0) is 55.3 Å². The summed E-state index contributed by atoms with van der Waals surface area (Å²) in [6, 6.07) is 5.41. The minimum Gasteiger partial charge on any atom is -0.322 e. The lowest BCUT2D eigenvalue weighted by Gasteiger charge is -2.20. The highest BCUT2D eigenvalue weighted by atomic mass is 32.2. The molecule has 1 amide bonds. The highest BCUT2D eigenvalue weighted by Crippen LogP contribution is 2.37. The van der Waals surface area contributed by atoms with E-state index in [0.717, 1.165) is 37.8 Å². The van der Waals surface area contributed by atoms with Crippen LogP contribution in [-0.4, -0.2) is 31.7 Å². The Morgan fingerprint density at radius 1 is 0.788 bits per heavy atom. The number of benzene rings is 2. The van der Waals surface area contributed by atoms with Crippen molar-refractivity contribution in [1.82, 2.24) is 4.31 Å². The molecule has 1 heterocycles. The maximum Gasteiger partial charge on any atom is 0.416 e. The van der Waals surface area contributed by atoms with Gasteiger partial charge in [-0.3, -0.25) is 4.79 Å². The molecule has 1 aliphatic heterocycles. The van der Waals surface area contributed by atoms with Crippen molar-refractivity contribution in [2.45, 2.75) is 42.9 Å². The number of hydrogen-bond acceptors (Lipinski definition) is 3. The molecule has 0 aliphatic carbocycles. The second-order valence-corrected chi connectivity index (χ2v) is 9.53. The van der Waals surface area contributed by atoms with E-state index in [1.165, 1.54) is 16.4 Å². The summed E-state index contributed by atoms with van der Waals surface area (Å²) in [7, 11) is -3.78. The molecule has 0 radical (unpaired) electrons. The van der Waals surface area contributed by atoms with Crippen LogP contribution in [0, 0.1) is 0 Å². The van der Waals surface area contributed by atoms with Gasteiger partial charge in [-0.15, -0.1) is 0 Å². The van der Waals surface area contributed by atoms with Gasteiger partial charge in [0.15, 0.2) is 0 Å². The number of amides is 1. The molecule has 0 spiro atoms. The fraction of sp³-hybridized carbons (Fsp3) is 0.381. The number of halogens is 6. The summed E-state index contributed by atoms with van der Waals surface area (Å²) < 4.78 is 105. The van der Waals surface area contributed by atoms with Gasteiger partial charge in [-0.25, -0.2) is 8.42 Å². The van der Waals surface area contributed by atoms with E-state index in [4.69, 9.17) is 0 Å². The van der Waals surface area contributed by atoms with Crippen molar-refractivity contribution >= 4 is 21.6 Å². The first-order valence-corrected chi connectivity index (χ1v) is 11.4. The van der Waals surface area contributed by atoms with E-state index in [9.17, 15) is 39.6 Å². The normalized spacial score (nSPS) is 16.3. The molecular formula is C21H20F6N2O3S. The third-order valence-corrected chi connectivity index (χ3v) is 7.08. The van der Waals surface area contributed by atoms with Crippen LogP contribution >= 0.6 is 0 Å². The summed E-state index contributed by atoms with van der Waals surface area (Å²) in [4.78, 5) is 12.4. The van der Waals surface area contributed by atoms with Crippen molar-refractivity contribution in [1.29, 1.82) is 0 Å². The zero-order chi connectivity index (χ0) is 24.4. The molecule has 0 saturated carbocycles. The van der Waals surface area contributed by atoms with Gasteiger partial charge >= 0.3 is 12.4 Å². The molecule has 1 fully saturated rings. The minimum atomic E-state index is -5.05. The zero-order valence-corrected chi connectivity index (χ0v) is 17.9. The second kappa shape index (κ2) is 9.34. The van der Waals surface area contributed by atoms with Gasteiger partial charge in [-0.1, -0.05) is 12.8 Å². The Labute approximate surface area is 186 Å². The first-order chi connectivity index (χ1) is 15.3. The molecule has 0 bridgehead atoms. The van der Waals surface area contributed by atoms with Gasteiger partial charge < -0.3 is 5.32 Å². The van der Waals surface area contributed by atoms with E-state index >= 15 is 0 Å². The average Bonchev–Trinajstić information content (AvgIpc) is 3.02. The summed E-state index contributed by atoms with van der Waals surface area (Å²) in [6.45, 7) is 0.753. The smallest absolute Gasteiger partial charge is 0.322 e. The SMILES string of the molecule is O=C(Nc1cc(C(F)(F)F)cc(C(F)(F)F)c1)c1ccc(S(=O)(=O)N2CCCCCC2)cc1. The Morgan fingerprint density at radius 2 is 1.27 bits per heavy atom. The van der Waals surface area contributed by atoms with Crippen molar-refractivity contribution < 1.29 is 39.6 Å². The number of carbonyl (C=O) groups is 1.